The van der Waals surface area contributed by atoms with Gasteiger partial charge in [0, 0.05) is 38.4 Å². The van der Waals surface area contributed by atoms with E-state index in [0.717, 1.165) is 12.5 Å². The second kappa shape index (κ2) is 9.34. The number of rotatable bonds is 5. The Morgan fingerprint density at radius 1 is 0.774 bits per heavy atom. The van der Waals surface area contributed by atoms with E-state index in [9.17, 15) is 0 Å². The van der Waals surface area contributed by atoms with Gasteiger partial charge in [-0.3, -0.25) is 4.90 Å². The average Bonchev–Trinajstić information content (AvgIpc) is 3.19. The molecule has 3 fully saturated rings. The first-order valence-corrected chi connectivity index (χ1v) is 12.5. The van der Waals surface area contributed by atoms with Crippen LogP contribution in [-0.2, 0) is 6.54 Å². The van der Waals surface area contributed by atoms with Gasteiger partial charge in [-0.25, -0.2) is 0 Å². The van der Waals surface area contributed by atoms with Crippen LogP contribution >= 0.6 is 0 Å². The molecule has 3 heterocycles. The van der Waals surface area contributed by atoms with Crippen molar-refractivity contribution in [3.05, 3.63) is 65.7 Å². The highest BCUT2D eigenvalue weighted by Crippen LogP contribution is 2.41. The van der Waals surface area contributed by atoms with Crippen molar-refractivity contribution >= 4 is 5.69 Å². The molecule has 3 saturated heterocycles. The molecule has 0 bridgehead atoms. The number of hydrogen-bond acceptors (Lipinski definition) is 3. The van der Waals surface area contributed by atoms with Gasteiger partial charge in [-0.05, 0) is 87.7 Å². The highest BCUT2D eigenvalue weighted by molar-refractivity contribution is 5.47. The summed E-state index contributed by atoms with van der Waals surface area (Å²) in [5.74, 6) is 0.884. The smallest absolute Gasteiger partial charge is 0.0366 e. The third-order valence-corrected chi connectivity index (χ3v) is 8.21. The second-order valence-electron chi connectivity index (χ2n) is 10.5. The van der Waals surface area contributed by atoms with Gasteiger partial charge < -0.3 is 9.80 Å². The van der Waals surface area contributed by atoms with E-state index in [1.165, 1.54) is 94.7 Å². The van der Waals surface area contributed by atoms with Crippen molar-refractivity contribution < 1.29 is 0 Å². The van der Waals surface area contributed by atoms with Crippen LogP contribution in [0.3, 0.4) is 0 Å². The van der Waals surface area contributed by atoms with Gasteiger partial charge in [0.15, 0.2) is 0 Å². The van der Waals surface area contributed by atoms with E-state index in [0.29, 0.717) is 5.41 Å². The Kier molecular flexibility index (Phi) is 6.34. The average molecular weight is 418 g/mol. The predicted octanol–water partition coefficient (Wildman–Crippen LogP) is 5.20. The van der Waals surface area contributed by atoms with Gasteiger partial charge >= 0.3 is 0 Å². The van der Waals surface area contributed by atoms with E-state index < -0.39 is 0 Å². The van der Waals surface area contributed by atoms with E-state index in [1.54, 1.807) is 0 Å². The number of nitrogens with zero attached hydrogens (tertiary/aromatic N) is 3. The second-order valence-corrected chi connectivity index (χ2v) is 10.5. The lowest BCUT2D eigenvalue weighted by atomic mass is 9.77. The van der Waals surface area contributed by atoms with E-state index in [4.69, 9.17) is 0 Å². The Morgan fingerprint density at radius 3 is 2.10 bits per heavy atom. The van der Waals surface area contributed by atoms with Crippen LogP contribution in [0, 0.1) is 18.3 Å². The third-order valence-electron chi connectivity index (χ3n) is 8.21. The van der Waals surface area contributed by atoms with Crippen LogP contribution < -0.4 is 4.90 Å². The topological polar surface area (TPSA) is 9.72 Å². The molecule has 166 valence electrons. The fourth-order valence-electron chi connectivity index (χ4n) is 6.11. The number of piperidine rings is 2. The van der Waals surface area contributed by atoms with Gasteiger partial charge in [0.2, 0.25) is 0 Å². The minimum Gasteiger partial charge on any atom is -0.372 e. The van der Waals surface area contributed by atoms with E-state index in [2.05, 4.69) is 76.2 Å². The summed E-state index contributed by atoms with van der Waals surface area (Å²) in [5.41, 5.74) is 4.83. The van der Waals surface area contributed by atoms with Crippen LogP contribution in [0.25, 0.3) is 0 Å². The van der Waals surface area contributed by atoms with E-state index >= 15 is 0 Å². The van der Waals surface area contributed by atoms with Gasteiger partial charge in [-0.15, -0.1) is 0 Å². The highest BCUT2D eigenvalue weighted by Gasteiger charge is 2.40. The van der Waals surface area contributed by atoms with Gasteiger partial charge in [-0.2, -0.15) is 0 Å². The lowest BCUT2D eigenvalue weighted by molar-refractivity contribution is 0.0996. The van der Waals surface area contributed by atoms with Crippen LogP contribution in [0.2, 0.25) is 0 Å². The maximum atomic E-state index is 2.82. The minimum absolute atomic E-state index is 0.607. The summed E-state index contributed by atoms with van der Waals surface area (Å²) >= 11 is 0. The van der Waals surface area contributed by atoms with Gasteiger partial charge in [0.25, 0.3) is 0 Å². The predicted molar refractivity (Wildman–Crippen MR) is 131 cm³/mol. The van der Waals surface area contributed by atoms with Crippen molar-refractivity contribution in [2.24, 2.45) is 11.3 Å². The van der Waals surface area contributed by atoms with Crippen molar-refractivity contribution in [3.63, 3.8) is 0 Å². The number of aryl methyl sites for hydroxylation is 1. The molecule has 3 nitrogen and oxygen atoms in total. The molecule has 3 heteroatoms. The molecule has 31 heavy (non-hydrogen) atoms. The summed E-state index contributed by atoms with van der Waals surface area (Å²) in [6.45, 7) is 12.3. The Labute approximate surface area is 189 Å². The summed E-state index contributed by atoms with van der Waals surface area (Å²) < 4.78 is 0. The van der Waals surface area contributed by atoms with Gasteiger partial charge in [0.1, 0.15) is 0 Å². The molecule has 0 unspecified atom stereocenters. The summed E-state index contributed by atoms with van der Waals surface area (Å²) in [4.78, 5) is 8.08. The Balaban J connectivity index is 1.06. The van der Waals surface area contributed by atoms with Crippen molar-refractivity contribution in [2.75, 3.05) is 50.7 Å². The summed E-state index contributed by atoms with van der Waals surface area (Å²) in [5, 5.41) is 0. The molecule has 2 aromatic carbocycles. The zero-order valence-corrected chi connectivity index (χ0v) is 19.3. The maximum absolute atomic E-state index is 2.82. The molecule has 0 saturated carbocycles. The van der Waals surface area contributed by atoms with Crippen LogP contribution in [0.5, 0.6) is 0 Å². The summed E-state index contributed by atoms with van der Waals surface area (Å²) in [7, 11) is 0. The summed E-state index contributed by atoms with van der Waals surface area (Å²) in [6.07, 6.45) is 6.91. The molecule has 2 aromatic rings. The van der Waals surface area contributed by atoms with Crippen LogP contribution in [-0.4, -0.2) is 55.6 Å². The lowest BCUT2D eigenvalue weighted by Crippen LogP contribution is -2.42. The Hall–Kier alpha value is -1.84. The fourth-order valence-corrected chi connectivity index (χ4v) is 6.11. The van der Waals surface area contributed by atoms with E-state index in [1.807, 2.05) is 0 Å². The monoisotopic (exact) mass is 417 g/mol. The quantitative estimate of drug-likeness (QED) is 0.662. The molecular weight excluding hydrogens is 378 g/mol. The molecule has 0 amide bonds. The molecule has 3 aliphatic heterocycles. The molecular formula is C28H39N3. The number of likely N-dealkylation sites (tertiary alicyclic amines) is 2. The SMILES string of the molecule is Cc1ccc(N2CCC(CN3CCC4(CCN(Cc5ccccc5)CC4)C3)CC2)cc1. The third kappa shape index (κ3) is 5.15. The van der Waals surface area contributed by atoms with Gasteiger partial charge in [0.05, 0.1) is 0 Å². The van der Waals surface area contributed by atoms with Crippen molar-refractivity contribution in [1.82, 2.24) is 9.80 Å². The zero-order chi connectivity index (χ0) is 21.1. The highest BCUT2D eigenvalue weighted by atomic mass is 15.2. The van der Waals surface area contributed by atoms with Gasteiger partial charge in [-0.1, -0.05) is 48.0 Å². The van der Waals surface area contributed by atoms with Crippen molar-refractivity contribution in [1.29, 1.82) is 0 Å². The van der Waals surface area contributed by atoms with Crippen LogP contribution in [0.4, 0.5) is 5.69 Å². The van der Waals surface area contributed by atoms with Crippen molar-refractivity contribution in [2.45, 2.75) is 45.6 Å². The largest absolute Gasteiger partial charge is 0.372 e. The standard InChI is InChI=1S/C28H39N3/c1-24-7-9-27(10-8-24)31-16-11-26(12-17-31)22-30-20-15-28(23-30)13-18-29(19-14-28)21-25-5-3-2-4-6-25/h2-10,26H,11-23H2,1H3. The lowest BCUT2D eigenvalue weighted by Gasteiger charge is -2.40. The Bertz CT molecular complexity index is 815. The maximum Gasteiger partial charge on any atom is 0.0366 e. The normalized spacial score (nSPS) is 22.9. The molecule has 5 rings (SSSR count). The first-order valence-electron chi connectivity index (χ1n) is 12.5. The summed E-state index contributed by atoms with van der Waals surface area (Å²) in [6, 6.07) is 20.1. The van der Waals surface area contributed by atoms with E-state index in [-0.39, 0.29) is 0 Å². The molecule has 0 aromatic heterocycles. The number of benzene rings is 2. The molecule has 3 aliphatic rings. The molecule has 0 radical (unpaired) electrons. The number of anilines is 1. The first-order chi connectivity index (χ1) is 15.2. The van der Waals surface area contributed by atoms with Crippen LogP contribution in [0.1, 0.15) is 43.2 Å². The molecule has 0 N–H and O–H groups in total. The molecule has 0 atom stereocenters. The number of hydrogen-bond donors (Lipinski definition) is 0. The zero-order valence-electron chi connectivity index (χ0n) is 19.3. The van der Waals surface area contributed by atoms with Crippen LogP contribution in [0.15, 0.2) is 54.6 Å². The fraction of sp³-hybridized carbons (Fsp3) is 0.571. The molecule has 1 spiro atoms. The minimum atomic E-state index is 0.607. The molecule has 0 aliphatic carbocycles. The van der Waals surface area contributed by atoms with Crippen molar-refractivity contribution in [3.8, 4) is 0 Å². The first kappa shape index (κ1) is 21.0. The Morgan fingerprint density at radius 2 is 1.42 bits per heavy atom.